The van der Waals surface area contributed by atoms with E-state index in [9.17, 15) is 14.7 Å². The van der Waals surface area contributed by atoms with Crippen molar-refractivity contribution < 1.29 is 19.8 Å². The number of carbonyl (C=O) groups is 2. The minimum absolute atomic E-state index is 0.0556. The number of hydrogen-bond donors (Lipinski definition) is 3. The largest absolute Gasteiger partial charge is 0.480 e. The molecule has 8 heteroatoms. The number of aromatic nitrogens is 1. The number of carboxylic acid groups (broad SMARTS) is 1. The van der Waals surface area contributed by atoms with Gasteiger partial charge in [0.25, 0.3) is 0 Å². The smallest absolute Gasteiger partial charge is 0.326 e. The zero-order valence-electron chi connectivity index (χ0n) is 10.2. The van der Waals surface area contributed by atoms with Crippen LogP contribution in [0, 0.1) is 0 Å². The molecule has 0 radical (unpaired) electrons. The van der Waals surface area contributed by atoms with Gasteiger partial charge in [0.05, 0.1) is 11.1 Å². The SMILES string of the molecule is O=C(O)[C@@H]1CC(O)CN1C(=O)NCCc1nccs1. The Balaban J connectivity index is 1.83. The number of thiazole rings is 1. The lowest BCUT2D eigenvalue weighted by Crippen LogP contribution is -2.46. The van der Waals surface area contributed by atoms with Gasteiger partial charge in [-0.3, -0.25) is 0 Å². The predicted molar refractivity (Wildman–Crippen MR) is 68.0 cm³/mol. The van der Waals surface area contributed by atoms with Crippen LogP contribution < -0.4 is 5.32 Å². The van der Waals surface area contributed by atoms with Crippen LogP contribution in [0.4, 0.5) is 4.79 Å². The molecule has 0 spiro atoms. The zero-order chi connectivity index (χ0) is 13.8. The highest BCUT2D eigenvalue weighted by molar-refractivity contribution is 7.09. The van der Waals surface area contributed by atoms with Crippen LogP contribution in [0.15, 0.2) is 11.6 Å². The van der Waals surface area contributed by atoms with E-state index in [4.69, 9.17) is 5.11 Å². The van der Waals surface area contributed by atoms with Crippen LogP contribution in [-0.2, 0) is 11.2 Å². The van der Waals surface area contributed by atoms with Gasteiger partial charge in [0, 0.05) is 37.5 Å². The Kier molecular flexibility index (Phi) is 4.33. The van der Waals surface area contributed by atoms with Crippen LogP contribution in [-0.4, -0.2) is 57.3 Å². The van der Waals surface area contributed by atoms with Crippen LogP contribution >= 0.6 is 11.3 Å². The Labute approximate surface area is 113 Å². The molecule has 0 bridgehead atoms. The molecular formula is C11H15N3O4S. The minimum atomic E-state index is -1.09. The van der Waals surface area contributed by atoms with E-state index in [0.717, 1.165) is 9.91 Å². The predicted octanol–water partition coefficient (Wildman–Crippen LogP) is -0.0850. The Hall–Kier alpha value is -1.67. The van der Waals surface area contributed by atoms with Gasteiger partial charge in [-0.05, 0) is 0 Å². The molecule has 2 amide bonds. The molecule has 0 saturated carbocycles. The van der Waals surface area contributed by atoms with Crippen LogP contribution in [0.1, 0.15) is 11.4 Å². The van der Waals surface area contributed by atoms with Crippen LogP contribution in [0.2, 0.25) is 0 Å². The van der Waals surface area contributed by atoms with Gasteiger partial charge in [-0.2, -0.15) is 0 Å². The van der Waals surface area contributed by atoms with Gasteiger partial charge in [0.2, 0.25) is 0 Å². The molecule has 0 aliphatic carbocycles. The Morgan fingerprint density at radius 1 is 1.58 bits per heavy atom. The molecular weight excluding hydrogens is 270 g/mol. The normalized spacial score (nSPS) is 22.5. The third kappa shape index (κ3) is 3.42. The summed E-state index contributed by atoms with van der Waals surface area (Å²) in [4.78, 5) is 28.1. The summed E-state index contributed by atoms with van der Waals surface area (Å²) in [5, 5.41) is 23.9. The van der Waals surface area contributed by atoms with E-state index >= 15 is 0 Å². The Morgan fingerprint density at radius 3 is 3.00 bits per heavy atom. The van der Waals surface area contributed by atoms with E-state index in [0.29, 0.717) is 13.0 Å². The molecule has 19 heavy (non-hydrogen) atoms. The molecule has 2 heterocycles. The molecule has 1 saturated heterocycles. The minimum Gasteiger partial charge on any atom is -0.480 e. The van der Waals surface area contributed by atoms with Gasteiger partial charge < -0.3 is 20.4 Å². The van der Waals surface area contributed by atoms with Crippen molar-refractivity contribution in [3.63, 3.8) is 0 Å². The van der Waals surface area contributed by atoms with Gasteiger partial charge >= 0.3 is 12.0 Å². The van der Waals surface area contributed by atoms with E-state index in [-0.39, 0.29) is 13.0 Å². The van der Waals surface area contributed by atoms with E-state index in [1.54, 1.807) is 6.20 Å². The van der Waals surface area contributed by atoms with Gasteiger partial charge in [-0.15, -0.1) is 11.3 Å². The Morgan fingerprint density at radius 2 is 2.37 bits per heavy atom. The molecule has 0 aromatic carbocycles. The van der Waals surface area contributed by atoms with Crippen molar-refractivity contribution in [2.24, 2.45) is 0 Å². The highest BCUT2D eigenvalue weighted by atomic mass is 32.1. The first-order chi connectivity index (χ1) is 9.08. The van der Waals surface area contributed by atoms with Gasteiger partial charge in [-0.25, -0.2) is 14.6 Å². The van der Waals surface area contributed by atoms with Gasteiger partial charge in [0.15, 0.2) is 0 Å². The van der Waals surface area contributed by atoms with E-state index in [2.05, 4.69) is 10.3 Å². The van der Waals surface area contributed by atoms with E-state index in [1.165, 1.54) is 11.3 Å². The summed E-state index contributed by atoms with van der Waals surface area (Å²) >= 11 is 1.50. The van der Waals surface area contributed by atoms with Crippen molar-refractivity contribution in [2.75, 3.05) is 13.1 Å². The van der Waals surface area contributed by atoms with Gasteiger partial charge in [0.1, 0.15) is 6.04 Å². The lowest BCUT2D eigenvalue weighted by Gasteiger charge is -2.21. The average Bonchev–Trinajstić information content (AvgIpc) is 2.98. The lowest BCUT2D eigenvalue weighted by atomic mass is 10.2. The number of likely N-dealkylation sites (tertiary alicyclic amines) is 1. The second-order valence-corrected chi connectivity index (χ2v) is 5.28. The molecule has 1 aromatic heterocycles. The summed E-state index contributed by atoms with van der Waals surface area (Å²) in [6, 6.07) is -1.41. The van der Waals surface area contributed by atoms with Gasteiger partial charge in [-0.1, -0.05) is 0 Å². The summed E-state index contributed by atoms with van der Waals surface area (Å²) in [6.07, 6.45) is 1.61. The molecule has 104 valence electrons. The molecule has 1 aliphatic rings. The zero-order valence-corrected chi connectivity index (χ0v) is 11.0. The maximum atomic E-state index is 11.9. The highest BCUT2D eigenvalue weighted by Gasteiger charge is 2.38. The van der Waals surface area contributed by atoms with Crippen molar-refractivity contribution in [3.05, 3.63) is 16.6 Å². The van der Waals surface area contributed by atoms with Crippen LogP contribution in [0.25, 0.3) is 0 Å². The molecule has 7 nitrogen and oxygen atoms in total. The summed E-state index contributed by atoms with van der Waals surface area (Å²) < 4.78 is 0. The fourth-order valence-electron chi connectivity index (χ4n) is 2.03. The third-order valence-corrected chi connectivity index (χ3v) is 3.76. The molecule has 1 fully saturated rings. The summed E-state index contributed by atoms with van der Waals surface area (Å²) in [5.74, 6) is -1.09. The number of rotatable bonds is 4. The molecule has 2 rings (SSSR count). The summed E-state index contributed by atoms with van der Waals surface area (Å²) in [6.45, 7) is 0.450. The summed E-state index contributed by atoms with van der Waals surface area (Å²) in [5.41, 5.74) is 0. The molecule has 1 aromatic rings. The maximum absolute atomic E-state index is 11.9. The van der Waals surface area contributed by atoms with E-state index < -0.39 is 24.1 Å². The number of urea groups is 1. The lowest BCUT2D eigenvalue weighted by molar-refractivity contribution is -0.141. The second-order valence-electron chi connectivity index (χ2n) is 4.30. The summed E-state index contributed by atoms with van der Waals surface area (Å²) in [7, 11) is 0. The molecule has 1 unspecified atom stereocenters. The number of nitrogens with zero attached hydrogens (tertiary/aromatic N) is 2. The Bertz CT molecular complexity index is 451. The number of aliphatic carboxylic acids is 1. The van der Waals surface area contributed by atoms with Crippen molar-refractivity contribution in [1.82, 2.24) is 15.2 Å². The topological polar surface area (TPSA) is 103 Å². The van der Waals surface area contributed by atoms with Crippen molar-refractivity contribution in [2.45, 2.75) is 25.0 Å². The quantitative estimate of drug-likeness (QED) is 0.717. The highest BCUT2D eigenvalue weighted by Crippen LogP contribution is 2.18. The first-order valence-corrected chi connectivity index (χ1v) is 6.79. The number of hydrogen-bond acceptors (Lipinski definition) is 5. The third-order valence-electron chi connectivity index (χ3n) is 2.92. The monoisotopic (exact) mass is 285 g/mol. The number of amides is 2. The van der Waals surface area contributed by atoms with E-state index in [1.807, 2.05) is 5.38 Å². The van der Waals surface area contributed by atoms with Crippen molar-refractivity contribution in [1.29, 1.82) is 0 Å². The number of carbonyl (C=O) groups excluding carboxylic acids is 1. The van der Waals surface area contributed by atoms with Crippen LogP contribution in [0.3, 0.4) is 0 Å². The molecule has 1 aliphatic heterocycles. The average molecular weight is 285 g/mol. The number of β-amino-alcohol motifs (C(OH)–C–C–N with tert-alkyl or cyclic N) is 1. The van der Waals surface area contributed by atoms with Crippen LogP contribution in [0.5, 0.6) is 0 Å². The first-order valence-electron chi connectivity index (χ1n) is 5.91. The first kappa shape index (κ1) is 13.8. The second kappa shape index (κ2) is 5.98. The molecule has 3 N–H and O–H groups in total. The maximum Gasteiger partial charge on any atom is 0.326 e. The standard InChI is InChI=1S/C11H15N3O4S/c15-7-5-8(10(16)17)14(6-7)11(18)13-2-1-9-12-3-4-19-9/h3-4,7-8,15H,1-2,5-6H2,(H,13,18)(H,16,17)/t7?,8-/m0/s1. The fourth-order valence-corrected chi connectivity index (χ4v) is 2.65. The number of carboxylic acids is 1. The number of aliphatic hydroxyl groups excluding tert-OH is 1. The van der Waals surface area contributed by atoms with Crippen molar-refractivity contribution in [3.8, 4) is 0 Å². The fraction of sp³-hybridized carbons (Fsp3) is 0.545. The number of nitrogens with one attached hydrogen (secondary N) is 1. The molecule has 2 atom stereocenters. The number of aliphatic hydroxyl groups is 1. The van der Waals surface area contributed by atoms with Crippen molar-refractivity contribution >= 4 is 23.3 Å².